The minimum Gasteiger partial charge on any atom is -0.371 e. The highest BCUT2D eigenvalue weighted by atomic mass is 16.2. The summed E-state index contributed by atoms with van der Waals surface area (Å²) in [5.41, 5.74) is 2.03. The summed E-state index contributed by atoms with van der Waals surface area (Å²) in [6.45, 7) is 6.11. The van der Waals surface area contributed by atoms with Crippen LogP contribution in [0.5, 0.6) is 0 Å². The van der Waals surface area contributed by atoms with Crippen molar-refractivity contribution in [3.05, 3.63) is 24.3 Å². The molecule has 0 aromatic heterocycles. The van der Waals surface area contributed by atoms with E-state index in [0.29, 0.717) is 0 Å². The molecule has 1 aliphatic heterocycles. The maximum Gasteiger partial charge on any atom is 0.319 e. The Balaban J connectivity index is 2.00. The van der Waals surface area contributed by atoms with Gasteiger partial charge in [-0.05, 0) is 44.9 Å². The summed E-state index contributed by atoms with van der Waals surface area (Å²) in [6, 6.07) is 8.02. The molecule has 1 saturated heterocycles. The second kappa shape index (κ2) is 5.76. The number of urea groups is 1. The van der Waals surface area contributed by atoms with Crippen molar-refractivity contribution in [3.8, 4) is 0 Å². The van der Waals surface area contributed by atoms with Crippen LogP contribution in [0, 0.1) is 0 Å². The summed E-state index contributed by atoms with van der Waals surface area (Å²) >= 11 is 0. The molecule has 0 unspecified atom stereocenters. The van der Waals surface area contributed by atoms with Crippen LogP contribution < -0.4 is 15.5 Å². The van der Waals surface area contributed by atoms with Gasteiger partial charge in [-0.25, -0.2) is 4.79 Å². The lowest BCUT2D eigenvalue weighted by Crippen LogP contribution is -2.34. The van der Waals surface area contributed by atoms with Crippen molar-refractivity contribution in [3.63, 3.8) is 0 Å². The molecule has 0 atom stereocenters. The van der Waals surface area contributed by atoms with Crippen molar-refractivity contribution < 1.29 is 4.79 Å². The second-order valence-electron chi connectivity index (χ2n) is 5.00. The molecule has 4 nitrogen and oxygen atoms in total. The number of rotatable bonds is 3. The summed E-state index contributed by atoms with van der Waals surface area (Å²) in [6.07, 6.45) is 2.51. The van der Waals surface area contributed by atoms with Crippen LogP contribution in [0.3, 0.4) is 0 Å². The van der Waals surface area contributed by atoms with Gasteiger partial charge >= 0.3 is 6.03 Å². The minimum absolute atomic E-state index is 0.145. The average molecular weight is 247 g/mol. The largest absolute Gasteiger partial charge is 0.371 e. The molecule has 2 N–H and O–H groups in total. The molecule has 2 rings (SSSR count). The van der Waals surface area contributed by atoms with Gasteiger partial charge in [-0.1, -0.05) is 6.07 Å². The summed E-state index contributed by atoms with van der Waals surface area (Å²) in [5.74, 6) is 0. The highest BCUT2D eigenvalue weighted by molar-refractivity contribution is 5.90. The number of nitrogens with zero attached hydrogens (tertiary/aromatic N) is 1. The molecule has 0 radical (unpaired) electrons. The van der Waals surface area contributed by atoms with Gasteiger partial charge < -0.3 is 15.5 Å². The van der Waals surface area contributed by atoms with Crippen molar-refractivity contribution in [2.24, 2.45) is 0 Å². The molecule has 98 valence electrons. The molecule has 18 heavy (non-hydrogen) atoms. The predicted octanol–water partition coefficient (Wildman–Crippen LogP) is 2.82. The van der Waals surface area contributed by atoms with E-state index in [0.717, 1.165) is 18.8 Å². The van der Waals surface area contributed by atoms with E-state index in [1.807, 2.05) is 32.0 Å². The molecule has 0 spiro atoms. The van der Waals surface area contributed by atoms with Crippen LogP contribution in [0.2, 0.25) is 0 Å². The fraction of sp³-hybridized carbons (Fsp3) is 0.500. The van der Waals surface area contributed by atoms with Crippen LogP contribution in [0.15, 0.2) is 24.3 Å². The van der Waals surface area contributed by atoms with Crippen molar-refractivity contribution in [2.75, 3.05) is 23.3 Å². The number of anilines is 2. The molecular formula is C14H21N3O. The van der Waals surface area contributed by atoms with Gasteiger partial charge in [0.2, 0.25) is 0 Å². The van der Waals surface area contributed by atoms with Gasteiger partial charge in [-0.3, -0.25) is 0 Å². The zero-order valence-electron chi connectivity index (χ0n) is 11.1. The monoisotopic (exact) mass is 247 g/mol. The van der Waals surface area contributed by atoms with E-state index in [1.54, 1.807) is 0 Å². The van der Waals surface area contributed by atoms with Crippen molar-refractivity contribution in [1.82, 2.24) is 5.32 Å². The first-order valence-corrected chi connectivity index (χ1v) is 6.57. The third kappa shape index (κ3) is 3.39. The zero-order valence-corrected chi connectivity index (χ0v) is 11.1. The highest BCUT2D eigenvalue weighted by Gasteiger charge is 2.12. The lowest BCUT2D eigenvalue weighted by Gasteiger charge is -2.18. The Morgan fingerprint density at radius 1 is 1.28 bits per heavy atom. The summed E-state index contributed by atoms with van der Waals surface area (Å²) in [5, 5.41) is 5.68. The number of carbonyl (C=O) groups excluding carboxylic acids is 1. The smallest absolute Gasteiger partial charge is 0.319 e. The molecular weight excluding hydrogens is 226 g/mol. The van der Waals surface area contributed by atoms with Crippen LogP contribution >= 0.6 is 0 Å². The normalized spacial score (nSPS) is 14.9. The van der Waals surface area contributed by atoms with Crippen LogP contribution in [0.4, 0.5) is 16.2 Å². The first-order valence-electron chi connectivity index (χ1n) is 6.57. The van der Waals surface area contributed by atoms with Gasteiger partial charge in [0.25, 0.3) is 0 Å². The van der Waals surface area contributed by atoms with Gasteiger partial charge in [0.1, 0.15) is 0 Å². The van der Waals surface area contributed by atoms with E-state index < -0.39 is 0 Å². The fourth-order valence-electron chi connectivity index (χ4n) is 2.19. The number of nitrogens with one attached hydrogen (secondary N) is 2. The van der Waals surface area contributed by atoms with Crippen LogP contribution in [-0.2, 0) is 0 Å². The van der Waals surface area contributed by atoms with Crippen molar-refractivity contribution >= 4 is 17.4 Å². The van der Waals surface area contributed by atoms with E-state index >= 15 is 0 Å². The quantitative estimate of drug-likeness (QED) is 0.862. The standard InChI is InChI=1S/C14H21N3O/c1-11(2)15-14(18)16-12-6-5-7-13(10-12)17-8-3-4-9-17/h5-7,10-11H,3-4,8-9H2,1-2H3,(H2,15,16,18). The van der Waals surface area contributed by atoms with E-state index in [9.17, 15) is 4.79 Å². The molecule has 1 aliphatic rings. The molecule has 0 aliphatic carbocycles. The molecule has 1 heterocycles. The summed E-state index contributed by atoms with van der Waals surface area (Å²) < 4.78 is 0. The average Bonchev–Trinajstić information content (AvgIpc) is 2.81. The second-order valence-corrected chi connectivity index (χ2v) is 5.00. The van der Waals surface area contributed by atoms with Gasteiger partial charge in [-0.2, -0.15) is 0 Å². The van der Waals surface area contributed by atoms with Crippen molar-refractivity contribution in [1.29, 1.82) is 0 Å². The molecule has 2 amide bonds. The Bertz CT molecular complexity index is 411. The lowest BCUT2D eigenvalue weighted by atomic mass is 10.2. The van der Waals surface area contributed by atoms with Gasteiger partial charge in [-0.15, -0.1) is 0 Å². The van der Waals surface area contributed by atoms with Gasteiger partial charge in [0.05, 0.1) is 0 Å². The minimum atomic E-state index is -0.149. The maximum absolute atomic E-state index is 11.6. The fourth-order valence-corrected chi connectivity index (χ4v) is 2.19. The molecule has 1 fully saturated rings. The Kier molecular flexibility index (Phi) is 4.07. The zero-order chi connectivity index (χ0) is 13.0. The molecule has 1 aromatic carbocycles. The van der Waals surface area contributed by atoms with Gasteiger partial charge in [0, 0.05) is 30.5 Å². The number of benzene rings is 1. The third-order valence-corrected chi connectivity index (χ3v) is 3.00. The SMILES string of the molecule is CC(C)NC(=O)Nc1cccc(N2CCCC2)c1. The Morgan fingerprint density at radius 3 is 2.67 bits per heavy atom. The number of amides is 2. The molecule has 0 bridgehead atoms. The molecule has 1 aromatic rings. The first kappa shape index (κ1) is 12.7. The first-order chi connectivity index (χ1) is 8.65. The van der Waals surface area contributed by atoms with Crippen LogP contribution in [-0.4, -0.2) is 25.2 Å². The molecule has 0 saturated carbocycles. The van der Waals surface area contributed by atoms with E-state index in [2.05, 4.69) is 21.6 Å². The van der Waals surface area contributed by atoms with Crippen LogP contribution in [0.1, 0.15) is 26.7 Å². The number of hydrogen-bond acceptors (Lipinski definition) is 2. The molecule has 4 heteroatoms. The number of carbonyl (C=O) groups is 1. The van der Waals surface area contributed by atoms with Gasteiger partial charge in [0.15, 0.2) is 0 Å². The summed E-state index contributed by atoms with van der Waals surface area (Å²) in [7, 11) is 0. The summed E-state index contributed by atoms with van der Waals surface area (Å²) in [4.78, 5) is 14.0. The van der Waals surface area contributed by atoms with E-state index in [-0.39, 0.29) is 12.1 Å². The predicted molar refractivity (Wildman–Crippen MR) is 75.2 cm³/mol. The Hall–Kier alpha value is -1.71. The lowest BCUT2D eigenvalue weighted by molar-refractivity contribution is 0.250. The Labute approximate surface area is 108 Å². The van der Waals surface area contributed by atoms with Crippen LogP contribution in [0.25, 0.3) is 0 Å². The maximum atomic E-state index is 11.6. The van der Waals surface area contributed by atoms with E-state index in [1.165, 1.54) is 18.5 Å². The third-order valence-electron chi connectivity index (χ3n) is 3.00. The highest BCUT2D eigenvalue weighted by Crippen LogP contribution is 2.23. The number of hydrogen-bond donors (Lipinski definition) is 2. The topological polar surface area (TPSA) is 44.4 Å². The Morgan fingerprint density at radius 2 is 2.00 bits per heavy atom. The van der Waals surface area contributed by atoms with E-state index in [4.69, 9.17) is 0 Å². The van der Waals surface area contributed by atoms with Crippen molar-refractivity contribution in [2.45, 2.75) is 32.7 Å².